The molecule has 2 aromatic rings. The maximum atomic E-state index is 12.8. The zero-order valence-electron chi connectivity index (χ0n) is 18.6. The standard InChI is InChI=1S/C23H22N2O8S/c1-13(22(28)29)33-20-14(5-4-6-17(20)32-3)11-18-21(27)25(23(30)34-18)12-19(26)24-15-7-9-16(31-2)10-8-15/h4-11,13H,12H2,1-3H3,(H,24,26)(H,28,29)/b18-11-/t13-/m1/s1. The van der Waals surface area contributed by atoms with Gasteiger partial charge < -0.3 is 24.6 Å². The first-order valence-corrected chi connectivity index (χ1v) is 10.8. The maximum absolute atomic E-state index is 12.8. The second-order valence-electron chi connectivity index (χ2n) is 7.02. The molecule has 1 fully saturated rings. The number of imide groups is 1. The van der Waals surface area contributed by atoms with Crippen LogP contribution in [0.5, 0.6) is 17.2 Å². The van der Waals surface area contributed by atoms with Gasteiger partial charge in [0.1, 0.15) is 12.3 Å². The lowest BCUT2D eigenvalue weighted by molar-refractivity contribution is -0.144. The minimum atomic E-state index is -1.18. The van der Waals surface area contributed by atoms with Gasteiger partial charge in [0.15, 0.2) is 17.6 Å². The summed E-state index contributed by atoms with van der Waals surface area (Å²) in [5.41, 5.74) is 0.833. The van der Waals surface area contributed by atoms with Crippen molar-refractivity contribution in [3.05, 3.63) is 52.9 Å². The first-order valence-electron chi connectivity index (χ1n) is 9.99. The van der Waals surface area contributed by atoms with E-state index in [0.29, 0.717) is 28.8 Å². The van der Waals surface area contributed by atoms with Gasteiger partial charge in [0, 0.05) is 11.3 Å². The molecule has 11 heteroatoms. The topological polar surface area (TPSA) is 131 Å². The van der Waals surface area contributed by atoms with Crippen molar-refractivity contribution in [2.45, 2.75) is 13.0 Å². The molecule has 1 aliphatic heterocycles. The number of anilines is 1. The summed E-state index contributed by atoms with van der Waals surface area (Å²) in [4.78, 5) is 49.8. The summed E-state index contributed by atoms with van der Waals surface area (Å²) in [5, 5.41) is 11.2. The lowest BCUT2D eigenvalue weighted by Gasteiger charge is -2.16. The largest absolute Gasteiger partial charge is 0.497 e. The number of carboxylic acid groups (broad SMARTS) is 1. The van der Waals surface area contributed by atoms with Gasteiger partial charge in [0.2, 0.25) is 5.91 Å². The molecule has 1 atom stereocenters. The van der Waals surface area contributed by atoms with Crippen LogP contribution in [0.25, 0.3) is 6.08 Å². The zero-order valence-corrected chi connectivity index (χ0v) is 19.4. The molecule has 2 N–H and O–H groups in total. The van der Waals surface area contributed by atoms with Gasteiger partial charge in [-0.3, -0.25) is 19.3 Å². The van der Waals surface area contributed by atoms with Gasteiger partial charge in [-0.1, -0.05) is 12.1 Å². The molecule has 0 aliphatic carbocycles. The zero-order chi connectivity index (χ0) is 24.8. The van der Waals surface area contributed by atoms with E-state index in [2.05, 4.69) is 5.32 Å². The van der Waals surface area contributed by atoms with Crippen molar-refractivity contribution in [3.8, 4) is 17.2 Å². The molecule has 0 spiro atoms. The van der Waals surface area contributed by atoms with E-state index in [1.54, 1.807) is 42.5 Å². The summed E-state index contributed by atoms with van der Waals surface area (Å²) >= 11 is 0.667. The second kappa shape index (κ2) is 10.8. The fraction of sp³-hybridized carbons (Fsp3) is 0.217. The Hall–Kier alpha value is -3.99. The van der Waals surface area contributed by atoms with E-state index in [0.717, 1.165) is 4.90 Å². The molecule has 0 saturated carbocycles. The molecule has 0 aromatic heterocycles. The number of hydrogen-bond donors (Lipinski definition) is 2. The lowest BCUT2D eigenvalue weighted by atomic mass is 10.1. The summed E-state index contributed by atoms with van der Waals surface area (Å²) in [6.07, 6.45) is 0.221. The molecular weight excluding hydrogens is 464 g/mol. The Bertz CT molecular complexity index is 1150. The molecule has 0 unspecified atom stereocenters. The van der Waals surface area contributed by atoms with Crippen molar-refractivity contribution >= 4 is 46.5 Å². The maximum Gasteiger partial charge on any atom is 0.344 e. The predicted molar refractivity (Wildman–Crippen MR) is 125 cm³/mol. The Kier molecular flexibility index (Phi) is 7.79. The highest BCUT2D eigenvalue weighted by atomic mass is 32.2. The fourth-order valence-corrected chi connectivity index (χ4v) is 3.79. The Balaban J connectivity index is 1.78. The molecular formula is C23H22N2O8S. The van der Waals surface area contributed by atoms with Gasteiger partial charge in [-0.25, -0.2) is 4.79 Å². The summed E-state index contributed by atoms with van der Waals surface area (Å²) in [7, 11) is 2.92. The van der Waals surface area contributed by atoms with Crippen molar-refractivity contribution in [3.63, 3.8) is 0 Å². The SMILES string of the molecule is COc1ccc(NC(=O)CN2C(=O)S/C(=C\c3cccc(OC)c3O[C@H](C)C(=O)O)C2=O)cc1. The molecule has 3 rings (SSSR count). The third kappa shape index (κ3) is 5.67. The van der Waals surface area contributed by atoms with Crippen LogP contribution in [-0.4, -0.2) is 59.9 Å². The highest BCUT2D eigenvalue weighted by Gasteiger charge is 2.36. The third-order valence-electron chi connectivity index (χ3n) is 4.71. The van der Waals surface area contributed by atoms with Crippen LogP contribution in [0, 0.1) is 0 Å². The Morgan fingerprint density at radius 2 is 1.82 bits per heavy atom. The first kappa shape index (κ1) is 24.6. The molecule has 34 heavy (non-hydrogen) atoms. The van der Waals surface area contributed by atoms with E-state index < -0.39 is 35.7 Å². The van der Waals surface area contributed by atoms with Crippen LogP contribution < -0.4 is 19.5 Å². The van der Waals surface area contributed by atoms with Crippen molar-refractivity contribution in [1.29, 1.82) is 0 Å². The van der Waals surface area contributed by atoms with E-state index in [1.165, 1.54) is 27.2 Å². The summed E-state index contributed by atoms with van der Waals surface area (Å²) < 4.78 is 15.8. The van der Waals surface area contributed by atoms with Crippen LogP contribution in [-0.2, 0) is 14.4 Å². The molecule has 0 bridgehead atoms. The van der Waals surface area contributed by atoms with Crippen molar-refractivity contribution in [2.75, 3.05) is 26.1 Å². The molecule has 178 valence electrons. The quantitative estimate of drug-likeness (QED) is 0.513. The minimum absolute atomic E-state index is 0.0586. The summed E-state index contributed by atoms with van der Waals surface area (Å²) in [5.74, 6) is -1.38. The summed E-state index contributed by atoms with van der Waals surface area (Å²) in [6.45, 7) is 0.888. The molecule has 1 saturated heterocycles. The number of carboxylic acids is 1. The number of para-hydroxylation sites is 1. The van der Waals surface area contributed by atoms with E-state index in [4.69, 9.17) is 14.2 Å². The van der Waals surface area contributed by atoms with Crippen LogP contribution >= 0.6 is 11.8 Å². The number of carbonyl (C=O) groups is 4. The number of ether oxygens (including phenoxy) is 3. The lowest BCUT2D eigenvalue weighted by Crippen LogP contribution is -2.36. The third-order valence-corrected chi connectivity index (χ3v) is 5.61. The van der Waals surface area contributed by atoms with Gasteiger partial charge in [0.25, 0.3) is 11.1 Å². The Morgan fingerprint density at radius 1 is 1.12 bits per heavy atom. The van der Waals surface area contributed by atoms with Crippen molar-refractivity contribution in [1.82, 2.24) is 4.90 Å². The van der Waals surface area contributed by atoms with Gasteiger partial charge in [-0.2, -0.15) is 0 Å². The van der Waals surface area contributed by atoms with Crippen molar-refractivity contribution < 1.29 is 38.5 Å². The number of amides is 3. The van der Waals surface area contributed by atoms with Crippen LogP contribution in [0.2, 0.25) is 0 Å². The number of methoxy groups -OCH3 is 2. The van der Waals surface area contributed by atoms with E-state index >= 15 is 0 Å². The number of hydrogen-bond acceptors (Lipinski definition) is 8. The number of nitrogens with one attached hydrogen (secondary N) is 1. The van der Waals surface area contributed by atoms with Gasteiger partial charge in [-0.05, 0) is 55.1 Å². The average Bonchev–Trinajstić information content (AvgIpc) is 3.07. The molecule has 3 amide bonds. The molecule has 2 aromatic carbocycles. The van der Waals surface area contributed by atoms with Gasteiger partial charge >= 0.3 is 5.97 Å². The fourth-order valence-electron chi connectivity index (χ4n) is 2.96. The second-order valence-corrected chi connectivity index (χ2v) is 8.01. The van der Waals surface area contributed by atoms with E-state index in [1.807, 2.05) is 0 Å². The van der Waals surface area contributed by atoms with E-state index in [9.17, 15) is 24.3 Å². The van der Waals surface area contributed by atoms with Crippen LogP contribution in [0.15, 0.2) is 47.4 Å². The number of carbonyl (C=O) groups excluding carboxylic acids is 3. The number of aliphatic carboxylic acids is 1. The van der Waals surface area contributed by atoms with Crippen molar-refractivity contribution in [2.24, 2.45) is 0 Å². The normalized spacial score (nSPS) is 15.3. The number of benzene rings is 2. The molecule has 1 heterocycles. The Labute approximate surface area is 199 Å². The highest BCUT2D eigenvalue weighted by molar-refractivity contribution is 8.18. The summed E-state index contributed by atoms with van der Waals surface area (Å²) in [6, 6.07) is 11.4. The van der Waals surface area contributed by atoms with Crippen LogP contribution in [0.3, 0.4) is 0 Å². The minimum Gasteiger partial charge on any atom is -0.497 e. The van der Waals surface area contributed by atoms with Gasteiger partial charge in [-0.15, -0.1) is 0 Å². The smallest absolute Gasteiger partial charge is 0.344 e. The predicted octanol–water partition coefficient (Wildman–Crippen LogP) is 3.23. The first-order chi connectivity index (χ1) is 16.2. The van der Waals surface area contributed by atoms with Gasteiger partial charge in [0.05, 0.1) is 19.1 Å². The molecule has 1 aliphatic rings. The number of nitrogens with zero attached hydrogens (tertiary/aromatic N) is 1. The van der Waals surface area contributed by atoms with Crippen LogP contribution in [0.1, 0.15) is 12.5 Å². The van der Waals surface area contributed by atoms with E-state index in [-0.39, 0.29) is 16.4 Å². The molecule has 10 nitrogen and oxygen atoms in total. The Morgan fingerprint density at radius 3 is 2.44 bits per heavy atom. The van der Waals surface area contributed by atoms with Crippen LogP contribution in [0.4, 0.5) is 10.5 Å². The average molecular weight is 487 g/mol. The number of rotatable bonds is 9. The highest BCUT2D eigenvalue weighted by Crippen LogP contribution is 2.37. The molecule has 0 radical (unpaired) electrons. The monoisotopic (exact) mass is 486 g/mol. The number of thioether (sulfide) groups is 1.